The molecule has 3 aromatic rings. The lowest BCUT2D eigenvalue weighted by Crippen LogP contribution is -2.57. The number of likely N-dealkylation sites (N-methyl/N-ethyl adjacent to an activating group) is 1. The van der Waals surface area contributed by atoms with Gasteiger partial charge in [-0.3, -0.25) is 10.1 Å². The van der Waals surface area contributed by atoms with Crippen molar-refractivity contribution in [3.63, 3.8) is 0 Å². The summed E-state index contributed by atoms with van der Waals surface area (Å²) in [7, 11) is 4.96. The third-order valence-electron chi connectivity index (χ3n) is 6.42. The van der Waals surface area contributed by atoms with Gasteiger partial charge in [0.25, 0.3) is 0 Å². The van der Waals surface area contributed by atoms with Crippen molar-refractivity contribution >= 4 is 5.91 Å². The lowest BCUT2D eigenvalue weighted by molar-refractivity contribution is -0.128. The van der Waals surface area contributed by atoms with Crippen molar-refractivity contribution in [3.05, 3.63) is 95.1 Å². The maximum Gasteiger partial charge on any atom is 0.244 e. The van der Waals surface area contributed by atoms with Crippen LogP contribution in [0.25, 0.3) is 0 Å². The summed E-state index contributed by atoms with van der Waals surface area (Å²) in [5.74, 6) is 1.28. The Morgan fingerprint density at radius 2 is 1.53 bits per heavy atom. The van der Waals surface area contributed by atoms with Gasteiger partial charge in [0.1, 0.15) is 5.54 Å². The van der Waals surface area contributed by atoms with E-state index in [1.807, 2.05) is 48.5 Å². The van der Waals surface area contributed by atoms with Gasteiger partial charge >= 0.3 is 0 Å². The fourth-order valence-corrected chi connectivity index (χ4v) is 4.83. The molecule has 1 heterocycles. The van der Waals surface area contributed by atoms with E-state index in [1.54, 1.807) is 21.3 Å². The van der Waals surface area contributed by atoms with Crippen molar-refractivity contribution in [2.24, 2.45) is 0 Å². The van der Waals surface area contributed by atoms with Gasteiger partial charge in [0.2, 0.25) is 5.91 Å². The molecule has 1 atom stereocenters. The van der Waals surface area contributed by atoms with Crippen LogP contribution < -0.4 is 20.1 Å². The van der Waals surface area contributed by atoms with Gasteiger partial charge in [0, 0.05) is 19.5 Å². The van der Waals surface area contributed by atoms with Gasteiger partial charge in [-0.2, -0.15) is 0 Å². The molecule has 0 saturated heterocycles. The van der Waals surface area contributed by atoms with E-state index in [0.717, 1.165) is 17.5 Å². The normalized spacial score (nSPS) is 17.5. The fraction of sp³-hybridized carbons (Fsp3) is 0.296. The molecule has 0 radical (unpaired) electrons. The Balaban J connectivity index is 1.89. The number of nitrogens with one attached hydrogen (secondary N) is 2. The number of hydrogen-bond donors (Lipinski definition) is 2. The average Bonchev–Trinajstić information content (AvgIpc) is 2.86. The fourth-order valence-electron chi connectivity index (χ4n) is 4.83. The summed E-state index contributed by atoms with van der Waals surface area (Å²) in [6.45, 7) is 0.701. The smallest absolute Gasteiger partial charge is 0.244 e. The zero-order valence-corrected chi connectivity index (χ0v) is 18.9. The summed E-state index contributed by atoms with van der Waals surface area (Å²) in [6.07, 6.45) is 1.39. The van der Waals surface area contributed by atoms with E-state index in [4.69, 9.17) is 9.47 Å². The summed E-state index contributed by atoms with van der Waals surface area (Å²) in [4.78, 5) is 13.6. The van der Waals surface area contributed by atoms with Crippen LogP contribution in [0, 0.1) is 0 Å². The van der Waals surface area contributed by atoms with E-state index in [0.29, 0.717) is 24.5 Å². The Morgan fingerprint density at radius 3 is 2.06 bits per heavy atom. The minimum Gasteiger partial charge on any atom is -0.493 e. The number of carbonyl (C=O) groups excluding carboxylic acids is 1. The summed E-state index contributed by atoms with van der Waals surface area (Å²) < 4.78 is 11.1. The van der Waals surface area contributed by atoms with Gasteiger partial charge in [0.15, 0.2) is 11.5 Å². The number of rotatable bonds is 7. The first-order valence-electron chi connectivity index (χ1n) is 11.0. The molecule has 0 bridgehead atoms. The van der Waals surface area contributed by atoms with Crippen LogP contribution >= 0.6 is 0 Å². The quantitative estimate of drug-likeness (QED) is 0.595. The van der Waals surface area contributed by atoms with E-state index < -0.39 is 5.54 Å². The second-order valence-corrected chi connectivity index (χ2v) is 8.10. The third kappa shape index (κ3) is 3.96. The zero-order chi connectivity index (χ0) is 22.6. The van der Waals surface area contributed by atoms with E-state index in [1.165, 1.54) is 11.1 Å². The van der Waals surface area contributed by atoms with Crippen LogP contribution in [-0.2, 0) is 16.8 Å². The molecule has 1 aliphatic heterocycles. The molecule has 0 spiro atoms. The van der Waals surface area contributed by atoms with Gasteiger partial charge in [-0.15, -0.1) is 0 Å². The molecular formula is C27H30N2O3. The predicted octanol–water partition coefficient (Wildman–Crippen LogP) is 4.01. The molecular weight excluding hydrogens is 400 g/mol. The van der Waals surface area contributed by atoms with Crippen LogP contribution in [0.2, 0.25) is 0 Å². The first kappa shape index (κ1) is 21.9. The average molecular weight is 431 g/mol. The molecule has 0 aromatic heterocycles. The molecule has 5 heteroatoms. The highest BCUT2D eigenvalue weighted by atomic mass is 16.5. The topological polar surface area (TPSA) is 59.6 Å². The molecule has 5 nitrogen and oxygen atoms in total. The SMILES string of the molecule is CNC(=O)C1(CC(c2ccccc2)c2ccccc2)NCCc2cc(OC)c(OC)cc21. The zero-order valence-electron chi connectivity index (χ0n) is 18.9. The number of hydrogen-bond acceptors (Lipinski definition) is 4. The highest BCUT2D eigenvalue weighted by molar-refractivity contribution is 5.89. The van der Waals surface area contributed by atoms with Crippen LogP contribution in [0.3, 0.4) is 0 Å². The third-order valence-corrected chi connectivity index (χ3v) is 6.42. The van der Waals surface area contributed by atoms with E-state index in [-0.39, 0.29) is 11.8 Å². The summed E-state index contributed by atoms with van der Waals surface area (Å²) in [6, 6.07) is 24.7. The summed E-state index contributed by atoms with van der Waals surface area (Å²) in [5, 5.41) is 6.51. The second kappa shape index (κ2) is 9.45. The molecule has 1 amide bonds. The van der Waals surface area contributed by atoms with Gasteiger partial charge in [-0.1, -0.05) is 60.7 Å². The molecule has 4 rings (SSSR count). The standard InChI is InChI=1S/C27H30N2O3/c1-28-26(30)27(23-17-25(32-3)24(31-2)16-21(23)14-15-29-27)18-22(19-10-6-4-7-11-19)20-12-8-5-9-13-20/h4-13,16-17,22,29H,14-15,18H2,1-3H3,(H,28,30). The van der Waals surface area contributed by atoms with Gasteiger partial charge < -0.3 is 14.8 Å². The maximum atomic E-state index is 13.6. The predicted molar refractivity (Wildman–Crippen MR) is 126 cm³/mol. The Kier molecular flexibility index (Phi) is 6.47. The molecule has 32 heavy (non-hydrogen) atoms. The highest BCUT2D eigenvalue weighted by Crippen LogP contribution is 2.44. The number of amides is 1. The van der Waals surface area contributed by atoms with E-state index in [2.05, 4.69) is 34.9 Å². The van der Waals surface area contributed by atoms with Gasteiger partial charge in [-0.25, -0.2) is 0 Å². The van der Waals surface area contributed by atoms with Crippen LogP contribution in [0.1, 0.15) is 34.6 Å². The molecule has 0 aliphatic carbocycles. The number of fused-ring (bicyclic) bond motifs is 1. The Bertz CT molecular complexity index is 1030. The molecule has 1 unspecified atom stereocenters. The summed E-state index contributed by atoms with van der Waals surface area (Å²) in [5.41, 5.74) is 3.49. The number of carbonyl (C=O) groups is 1. The van der Waals surface area contributed by atoms with Crippen molar-refractivity contribution in [2.75, 3.05) is 27.8 Å². The van der Waals surface area contributed by atoms with Crippen LogP contribution in [0.15, 0.2) is 72.8 Å². The van der Waals surface area contributed by atoms with Crippen molar-refractivity contribution in [2.45, 2.75) is 24.3 Å². The number of methoxy groups -OCH3 is 2. The number of ether oxygens (including phenoxy) is 2. The maximum absolute atomic E-state index is 13.6. The molecule has 0 saturated carbocycles. The number of benzene rings is 3. The van der Waals surface area contributed by atoms with Crippen molar-refractivity contribution < 1.29 is 14.3 Å². The van der Waals surface area contributed by atoms with Crippen molar-refractivity contribution in [1.29, 1.82) is 0 Å². The minimum absolute atomic E-state index is 0.0289. The molecule has 0 fully saturated rings. The lowest BCUT2D eigenvalue weighted by atomic mass is 9.72. The Labute approximate surface area is 189 Å². The van der Waals surface area contributed by atoms with Crippen LogP contribution in [0.4, 0.5) is 0 Å². The Hall–Kier alpha value is -3.31. The first-order chi connectivity index (χ1) is 15.6. The van der Waals surface area contributed by atoms with Gasteiger partial charge in [-0.05, 0) is 47.2 Å². The molecule has 2 N–H and O–H groups in total. The summed E-state index contributed by atoms with van der Waals surface area (Å²) >= 11 is 0. The second-order valence-electron chi connectivity index (χ2n) is 8.10. The highest BCUT2D eigenvalue weighted by Gasteiger charge is 2.45. The van der Waals surface area contributed by atoms with Crippen molar-refractivity contribution in [1.82, 2.24) is 10.6 Å². The van der Waals surface area contributed by atoms with Crippen LogP contribution in [-0.4, -0.2) is 33.7 Å². The first-order valence-corrected chi connectivity index (χ1v) is 11.0. The van der Waals surface area contributed by atoms with Crippen molar-refractivity contribution in [3.8, 4) is 11.5 Å². The Morgan fingerprint density at radius 1 is 0.969 bits per heavy atom. The van der Waals surface area contributed by atoms with Gasteiger partial charge in [0.05, 0.1) is 14.2 Å². The minimum atomic E-state index is -0.905. The van der Waals surface area contributed by atoms with Crippen LogP contribution in [0.5, 0.6) is 11.5 Å². The molecule has 1 aliphatic rings. The van der Waals surface area contributed by atoms with E-state index >= 15 is 0 Å². The molecule has 3 aromatic carbocycles. The largest absolute Gasteiger partial charge is 0.493 e. The lowest BCUT2D eigenvalue weighted by Gasteiger charge is -2.41. The monoisotopic (exact) mass is 430 g/mol. The van der Waals surface area contributed by atoms with E-state index in [9.17, 15) is 4.79 Å². The molecule has 166 valence electrons.